The van der Waals surface area contributed by atoms with E-state index in [4.69, 9.17) is 11.6 Å². The van der Waals surface area contributed by atoms with Crippen LogP contribution in [0.4, 0.5) is 14.5 Å². The molecule has 82 valence electrons. The minimum Gasteiger partial charge on any atom is -0.258 e. The molecule has 0 N–H and O–H groups in total. The third kappa shape index (κ3) is 2.40. The molecule has 1 rings (SSSR count). The normalized spacial score (nSPS) is 10.7. The van der Waals surface area contributed by atoms with Crippen molar-refractivity contribution in [3.63, 3.8) is 0 Å². The van der Waals surface area contributed by atoms with E-state index in [0.717, 1.165) is 6.20 Å². The molecule has 0 bridgehead atoms. The van der Waals surface area contributed by atoms with Gasteiger partial charge in [-0.1, -0.05) is 27.5 Å². The highest BCUT2D eigenvalue weighted by Crippen LogP contribution is 2.34. The van der Waals surface area contributed by atoms with Crippen molar-refractivity contribution < 1.29 is 13.7 Å². The summed E-state index contributed by atoms with van der Waals surface area (Å²) in [4.78, 5) is 13.1. The number of alkyl halides is 3. The average molecular weight is 301 g/mol. The van der Waals surface area contributed by atoms with E-state index in [1.165, 1.54) is 0 Å². The molecule has 0 amide bonds. The van der Waals surface area contributed by atoms with Gasteiger partial charge >= 0.3 is 5.69 Å². The Hall–Kier alpha value is -0.820. The van der Waals surface area contributed by atoms with E-state index in [1.807, 2.05) is 0 Å². The molecule has 0 saturated heterocycles. The lowest BCUT2D eigenvalue weighted by atomic mass is 10.1. The van der Waals surface area contributed by atoms with Crippen molar-refractivity contribution in [2.75, 3.05) is 0 Å². The molecule has 0 aliphatic heterocycles. The van der Waals surface area contributed by atoms with Crippen LogP contribution in [-0.2, 0) is 5.33 Å². The molecule has 0 saturated carbocycles. The first kappa shape index (κ1) is 12.3. The third-order valence-corrected chi connectivity index (χ3v) is 2.54. The fourth-order valence-corrected chi connectivity index (χ4v) is 1.86. The zero-order valence-corrected chi connectivity index (χ0v) is 9.43. The van der Waals surface area contributed by atoms with Crippen molar-refractivity contribution in [1.82, 2.24) is 4.98 Å². The number of nitro groups is 1. The summed E-state index contributed by atoms with van der Waals surface area (Å²) >= 11 is 8.37. The van der Waals surface area contributed by atoms with Crippen LogP contribution in [0.25, 0.3) is 0 Å². The number of nitrogens with zero attached hydrogens (tertiary/aromatic N) is 2. The Balaban J connectivity index is 3.47. The first-order chi connectivity index (χ1) is 6.99. The molecule has 0 aromatic carbocycles. The zero-order chi connectivity index (χ0) is 11.6. The molecule has 0 spiro atoms. The van der Waals surface area contributed by atoms with Crippen LogP contribution in [0.1, 0.15) is 17.6 Å². The van der Waals surface area contributed by atoms with Crippen LogP contribution in [0.2, 0.25) is 5.15 Å². The van der Waals surface area contributed by atoms with Gasteiger partial charge in [-0.2, -0.15) is 0 Å². The molecule has 1 heterocycles. The molecule has 15 heavy (non-hydrogen) atoms. The highest BCUT2D eigenvalue weighted by atomic mass is 79.9. The number of hydrogen-bond acceptors (Lipinski definition) is 3. The van der Waals surface area contributed by atoms with Gasteiger partial charge < -0.3 is 0 Å². The molecule has 0 aliphatic carbocycles. The summed E-state index contributed by atoms with van der Waals surface area (Å²) in [5.74, 6) is 0. The third-order valence-electron chi connectivity index (χ3n) is 1.70. The van der Waals surface area contributed by atoms with E-state index >= 15 is 0 Å². The minimum atomic E-state index is -2.82. The van der Waals surface area contributed by atoms with Crippen molar-refractivity contribution in [2.24, 2.45) is 0 Å². The maximum absolute atomic E-state index is 12.5. The Bertz CT molecular complexity index is 403. The first-order valence-electron chi connectivity index (χ1n) is 3.64. The molecule has 4 nitrogen and oxygen atoms in total. The molecule has 0 fully saturated rings. The Morgan fingerprint density at radius 1 is 1.67 bits per heavy atom. The summed E-state index contributed by atoms with van der Waals surface area (Å²) in [7, 11) is 0. The lowest BCUT2D eigenvalue weighted by Gasteiger charge is -2.06. The van der Waals surface area contributed by atoms with E-state index in [2.05, 4.69) is 20.9 Å². The summed E-state index contributed by atoms with van der Waals surface area (Å²) in [5.41, 5.74) is -1.20. The second-order valence-electron chi connectivity index (χ2n) is 2.52. The van der Waals surface area contributed by atoms with Gasteiger partial charge in [0.25, 0.3) is 6.43 Å². The summed E-state index contributed by atoms with van der Waals surface area (Å²) in [6.07, 6.45) is -1.97. The Morgan fingerprint density at radius 2 is 2.27 bits per heavy atom. The van der Waals surface area contributed by atoms with Gasteiger partial charge in [0.2, 0.25) is 5.15 Å². The number of halogens is 4. The molecule has 0 unspecified atom stereocenters. The van der Waals surface area contributed by atoms with Gasteiger partial charge in [-0.15, -0.1) is 0 Å². The molecular weight excluding hydrogens is 297 g/mol. The first-order valence-corrected chi connectivity index (χ1v) is 5.14. The summed E-state index contributed by atoms with van der Waals surface area (Å²) in [6.45, 7) is 0. The molecule has 0 atom stereocenters. The van der Waals surface area contributed by atoms with Gasteiger partial charge in [-0.3, -0.25) is 10.1 Å². The molecule has 1 aromatic rings. The predicted molar refractivity (Wildman–Crippen MR) is 53.5 cm³/mol. The fourth-order valence-electron chi connectivity index (χ4n) is 1.04. The van der Waals surface area contributed by atoms with E-state index in [0.29, 0.717) is 0 Å². The monoisotopic (exact) mass is 300 g/mol. The van der Waals surface area contributed by atoms with Crippen molar-refractivity contribution in [1.29, 1.82) is 0 Å². The maximum atomic E-state index is 12.5. The van der Waals surface area contributed by atoms with Gasteiger partial charge in [0.05, 0.1) is 10.5 Å². The molecule has 1 aromatic heterocycles. The lowest BCUT2D eigenvalue weighted by molar-refractivity contribution is -0.385. The second-order valence-corrected chi connectivity index (χ2v) is 3.44. The van der Waals surface area contributed by atoms with Crippen LogP contribution in [0, 0.1) is 10.1 Å². The number of pyridine rings is 1. The SMILES string of the molecule is O=[N+]([O-])c1c(Cl)ncc(C(F)F)c1CBr. The predicted octanol–water partition coefficient (Wildman–Crippen LogP) is 3.48. The van der Waals surface area contributed by atoms with Crippen molar-refractivity contribution in [3.8, 4) is 0 Å². The van der Waals surface area contributed by atoms with Gasteiger partial charge in [-0.25, -0.2) is 13.8 Å². The standard InChI is InChI=1S/C7H4BrClF2N2O2/c8-1-3-4(7(10)11)2-12-6(9)5(3)13(14)15/h2,7H,1H2. The van der Waals surface area contributed by atoms with Crippen LogP contribution < -0.4 is 0 Å². The lowest BCUT2D eigenvalue weighted by Crippen LogP contribution is -2.02. The van der Waals surface area contributed by atoms with E-state index in [9.17, 15) is 18.9 Å². The van der Waals surface area contributed by atoms with Crippen LogP contribution in [0.15, 0.2) is 6.20 Å². The largest absolute Gasteiger partial charge is 0.310 e. The maximum Gasteiger partial charge on any atom is 0.310 e. The minimum absolute atomic E-state index is 0.0781. The smallest absolute Gasteiger partial charge is 0.258 e. The van der Waals surface area contributed by atoms with Crippen molar-refractivity contribution in [2.45, 2.75) is 11.8 Å². The Labute approximate surface area is 96.5 Å². The van der Waals surface area contributed by atoms with E-state index < -0.39 is 22.6 Å². The summed E-state index contributed by atoms with van der Waals surface area (Å²) in [6, 6.07) is 0. The van der Waals surface area contributed by atoms with Gasteiger partial charge in [-0.05, 0) is 0 Å². The molecule has 0 aliphatic rings. The number of hydrogen-bond donors (Lipinski definition) is 0. The topological polar surface area (TPSA) is 56.0 Å². The fraction of sp³-hybridized carbons (Fsp3) is 0.286. The number of rotatable bonds is 3. The quantitative estimate of drug-likeness (QED) is 0.372. The average Bonchev–Trinajstić information content (AvgIpc) is 2.15. The highest BCUT2D eigenvalue weighted by Gasteiger charge is 2.26. The summed E-state index contributed by atoms with van der Waals surface area (Å²) < 4.78 is 24.9. The molecular formula is C7H4BrClF2N2O2. The Kier molecular flexibility index (Phi) is 3.92. The zero-order valence-electron chi connectivity index (χ0n) is 7.08. The van der Waals surface area contributed by atoms with E-state index in [1.54, 1.807) is 0 Å². The van der Waals surface area contributed by atoms with Crippen LogP contribution in [0.3, 0.4) is 0 Å². The van der Waals surface area contributed by atoms with Gasteiger partial charge in [0.1, 0.15) is 0 Å². The number of aromatic nitrogens is 1. The second kappa shape index (κ2) is 4.80. The van der Waals surface area contributed by atoms with Crippen LogP contribution >= 0.6 is 27.5 Å². The van der Waals surface area contributed by atoms with Crippen LogP contribution in [0.5, 0.6) is 0 Å². The van der Waals surface area contributed by atoms with Crippen molar-refractivity contribution >= 4 is 33.2 Å². The molecule has 8 heteroatoms. The molecule has 0 radical (unpaired) electrons. The van der Waals surface area contributed by atoms with Gasteiger partial charge in [0, 0.05) is 17.1 Å². The van der Waals surface area contributed by atoms with E-state index in [-0.39, 0.29) is 16.0 Å². The van der Waals surface area contributed by atoms with Crippen LogP contribution in [-0.4, -0.2) is 9.91 Å². The Morgan fingerprint density at radius 3 is 2.67 bits per heavy atom. The summed E-state index contributed by atoms with van der Waals surface area (Å²) in [5, 5.41) is 10.1. The van der Waals surface area contributed by atoms with Gasteiger partial charge in [0.15, 0.2) is 0 Å². The highest BCUT2D eigenvalue weighted by molar-refractivity contribution is 9.08. The van der Waals surface area contributed by atoms with Crippen molar-refractivity contribution in [3.05, 3.63) is 32.6 Å².